The van der Waals surface area contributed by atoms with Crippen LogP contribution in [0.2, 0.25) is 0 Å². The maximum Gasteiger partial charge on any atom is 0.416 e. The quantitative estimate of drug-likeness (QED) is 0.591. The van der Waals surface area contributed by atoms with Gasteiger partial charge in [-0.1, -0.05) is 54.6 Å². The zero-order valence-corrected chi connectivity index (χ0v) is 15.2. The molecule has 0 fully saturated rings. The summed E-state index contributed by atoms with van der Waals surface area (Å²) in [5.74, 6) is 0.659. The highest BCUT2D eigenvalue weighted by Crippen LogP contribution is 2.35. The minimum absolute atomic E-state index is 0. The summed E-state index contributed by atoms with van der Waals surface area (Å²) >= 11 is 0. The average molecular weight is 394 g/mol. The van der Waals surface area contributed by atoms with Gasteiger partial charge in [0.2, 0.25) is 0 Å². The van der Waals surface area contributed by atoms with Gasteiger partial charge in [-0.3, -0.25) is 0 Å². The lowest BCUT2D eigenvalue weighted by molar-refractivity contribution is -0.138. The fourth-order valence-electron chi connectivity index (χ4n) is 2.68. The molecule has 2 N–H and O–H groups in total. The summed E-state index contributed by atoms with van der Waals surface area (Å²) in [5, 5.41) is 0. The van der Waals surface area contributed by atoms with Gasteiger partial charge in [0.25, 0.3) is 0 Å². The van der Waals surface area contributed by atoms with E-state index in [9.17, 15) is 13.2 Å². The largest absolute Gasteiger partial charge is 0.489 e. The molecule has 3 aromatic carbocycles. The molecule has 6 heteroatoms. The van der Waals surface area contributed by atoms with Crippen molar-refractivity contribution in [2.24, 2.45) is 5.73 Å². The molecule has 0 heterocycles. The van der Waals surface area contributed by atoms with Crippen LogP contribution in [0.4, 0.5) is 13.2 Å². The third kappa shape index (κ3) is 5.25. The summed E-state index contributed by atoms with van der Waals surface area (Å²) in [6.45, 7) is 0.283. The van der Waals surface area contributed by atoms with E-state index in [-0.39, 0.29) is 24.5 Å². The van der Waals surface area contributed by atoms with Crippen LogP contribution < -0.4 is 10.5 Å². The molecule has 0 aliphatic heterocycles. The van der Waals surface area contributed by atoms with Gasteiger partial charge >= 0.3 is 6.18 Å². The van der Waals surface area contributed by atoms with E-state index in [1.54, 1.807) is 30.3 Å². The van der Waals surface area contributed by atoms with E-state index in [0.29, 0.717) is 23.5 Å². The van der Waals surface area contributed by atoms with Gasteiger partial charge in [-0.05, 0) is 40.5 Å². The number of hydrogen-bond acceptors (Lipinski definition) is 2. The van der Waals surface area contributed by atoms with E-state index < -0.39 is 11.7 Å². The summed E-state index contributed by atoms with van der Waals surface area (Å²) < 4.78 is 45.2. The number of hydrogen-bond donors (Lipinski definition) is 1. The highest BCUT2D eigenvalue weighted by molar-refractivity contribution is 5.85. The van der Waals surface area contributed by atoms with E-state index in [2.05, 4.69) is 0 Å². The van der Waals surface area contributed by atoms with Crippen LogP contribution in [0.25, 0.3) is 11.1 Å². The minimum atomic E-state index is -4.43. The van der Waals surface area contributed by atoms with Crippen molar-refractivity contribution in [2.75, 3.05) is 0 Å². The van der Waals surface area contributed by atoms with Crippen LogP contribution in [0.3, 0.4) is 0 Å². The second-order valence-corrected chi connectivity index (χ2v) is 5.87. The van der Waals surface area contributed by atoms with Gasteiger partial charge in [0.1, 0.15) is 12.4 Å². The fraction of sp³-hybridized carbons (Fsp3) is 0.143. The smallest absolute Gasteiger partial charge is 0.416 e. The normalized spacial score (nSPS) is 11.0. The molecule has 2 nitrogen and oxygen atoms in total. The fourth-order valence-corrected chi connectivity index (χ4v) is 2.68. The topological polar surface area (TPSA) is 35.2 Å². The molecule has 0 radical (unpaired) electrons. The van der Waals surface area contributed by atoms with Gasteiger partial charge in [0.05, 0.1) is 5.56 Å². The van der Waals surface area contributed by atoms with Crippen LogP contribution >= 0.6 is 12.4 Å². The number of alkyl halides is 3. The lowest BCUT2D eigenvalue weighted by Gasteiger charge is -2.14. The maximum atomic E-state index is 13.2. The second-order valence-electron chi connectivity index (χ2n) is 5.87. The number of nitrogens with two attached hydrogens (primary N) is 1. The Kier molecular flexibility index (Phi) is 6.88. The van der Waals surface area contributed by atoms with Gasteiger partial charge < -0.3 is 10.5 Å². The first kappa shape index (κ1) is 20.8. The van der Waals surface area contributed by atoms with E-state index in [1.807, 2.05) is 30.3 Å². The van der Waals surface area contributed by atoms with E-state index in [0.717, 1.165) is 11.6 Å². The first-order valence-electron chi connectivity index (χ1n) is 8.15. The van der Waals surface area contributed by atoms with Crippen LogP contribution in [-0.4, -0.2) is 0 Å². The number of rotatable bonds is 5. The van der Waals surface area contributed by atoms with Crippen LogP contribution in [0.5, 0.6) is 5.75 Å². The van der Waals surface area contributed by atoms with Gasteiger partial charge in [-0.15, -0.1) is 12.4 Å². The Hall–Kier alpha value is -2.50. The monoisotopic (exact) mass is 393 g/mol. The zero-order chi connectivity index (χ0) is 18.6. The first-order chi connectivity index (χ1) is 12.5. The molecule has 0 atom stereocenters. The third-order valence-corrected chi connectivity index (χ3v) is 4.07. The Bertz CT molecular complexity index is 865. The molecular weight excluding hydrogens is 375 g/mol. The Labute approximate surface area is 162 Å². The Morgan fingerprint density at radius 1 is 0.815 bits per heavy atom. The molecule has 0 saturated carbocycles. The molecule has 0 amide bonds. The maximum absolute atomic E-state index is 13.2. The predicted octanol–water partition coefficient (Wildman–Crippen LogP) is 5.83. The van der Waals surface area contributed by atoms with Crippen molar-refractivity contribution in [1.29, 1.82) is 0 Å². The number of benzene rings is 3. The van der Waals surface area contributed by atoms with Crippen LogP contribution in [0.1, 0.15) is 16.7 Å². The molecule has 0 bridgehead atoms. The van der Waals surface area contributed by atoms with Gasteiger partial charge in [-0.2, -0.15) is 13.2 Å². The molecule has 0 aliphatic rings. The number of ether oxygens (including phenoxy) is 1. The molecule has 3 rings (SSSR count). The lowest BCUT2D eigenvalue weighted by Crippen LogP contribution is -2.12. The summed E-state index contributed by atoms with van der Waals surface area (Å²) in [5.41, 5.74) is 7.04. The van der Waals surface area contributed by atoms with Crippen molar-refractivity contribution in [1.82, 2.24) is 0 Å². The van der Waals surface area contributed by atoms with Gasteiger partial charge in [0, 0.05) is 6.54 Å². The molecule has 0 unspecified atom stereocenters. The zero-order valence-electron chi connectivity index (χ0n) is 14.4. The highest BCUT2D eigenvalue weighted by Gasteiger charge is 2.33. The molecule has 0 saturated heterocycles. The first-order valence-corrected chi connectivity index (χ1v) is 8.15. The molecule has 142 valence electrons. The van der Waals surface area contributed by atoms with Crippen molar-refractivity contribution in [2.45, 2.75) is 19.3 Å². The Morgan fingerprint density at radius 2 is 1.44 bits per heavy atom. The lowest BCUT2D eigenvalue weighted by atomic mass is 9.98. The summed E-state index contributed by atoms with van der Waals surface area (Å²) in [6, 6.07) is 21.0. The highest BCUT2D eigenvalue weighted by atomic mass is 35.5. The van der Waals surface area contributed by atoms with Crippen molar-refractivity contribution in [3.8, 4) is 16.9 Å². The van der Waals surface area contributed by atoms with Crippen LogP contribution in [0, 0.1) is 0 Å². The van der Waals surface area contributed by atoms with Crippen molar-refractivity contribution >= 4 is 12.4 Å². The minimum Gasteiger partial charge on any atom is -0.489 e. The third-order valence-electron chi connectivity index (χ3n) is 4.07. The van der Waals surface area contributed by atoms with Crippen molar-refractivity contribution in [3.63, 3.8) is 0 Å². The van der Waals surface area contributed by atoms with Crippen molar-refractivity contribution in [3.05, 3.63) is 89.5 Å². The molecule has 3 aromatic rings. The average Bonchev–Trinajstić information content (AvgIpc) is 2.66. The SMILES string of the molecule is Cl.NCc1ccc(-c2ccc(OCc3ccccc3)cc2)cc1C(F)(F)F. The Morgan fingerprint density at radius 3 is 2.04 bits per heavy atom. The van der Waals surface area contributed by atoms with Gasteiger partial charge in [0.15, 0.2) is 0 Å². The van der Waals surface area contributed by atoms with Crippen LogP contribution in [0.15, 0.2) is 72.8 Å². The standard InChI is InChI=1S/C21H18F3NO.ClH/c22-21(23,24)20-12-17(6-7-18(20)13-25)16-8-10-19(11-9-16)26-14-15-4-2-1-3-5-15;/h1-12H,13-14,25H2;1H. The molecular formula is C21H19ClF3NO. The van der Waals surface area contributed by atoms with Crippen LogP contribution in [-0.2, 0) is 19.3 Å². The predicted molar refractivity (Wildman–Crippen MR) is 103 cm³/mol. The second kappa shape index (κ2) is 8.93. The van der Waals surface area contributed by atoms with E-state index in [1.165, 1.54) is 6.07 Å². The van der Waals surface area contributed by atoms with Gasteiger partial charge in [-0.25, -0.2) is 0 Å². The Balaban J connectivity index is 0.00000261. The molecule has 0 aromatic heterocycles. The number of halogens is 4. The van der Waals surface area contributed by atoms with E-state index >= 15 is 0 Å². The van der Waals surface area contributed by atoms with Crippen molar-refractivity contribution < 1.29 is 17.9 Å². The molecule has 27 heavy (non-hydrogen) atoms. The summed E-state index contributed by atoms with van der Waals surface area (Å²) in [6.07, 6.45) is -4.43. The summed E-state index contributed by atoms with van der Waals surface area (Å²) in [4.78, 5) is 0. The van der Waals surface area contributed by atoms with E-state index in [4.69, 9.17) is 10.5 Å². The molecule has 0 aliphatic carbocycles. The summed E-state index contributed by atoms with van der Waals surface area (Å²) in [7, 11) is 0. The molecule has 0 spiro atoms.